The summed E-state index contributed by atoms with van der Waals surface area (Å²) in [5.41, 5.74) is 2.29. The molecule has 1 amide bonds. The number of benzene rings is 1. The van der Waals surface area contributed by atoms with Crippen LogP contribution in [-0.2, 0) is 20.6 Å². The van der Waals surface area contributed by atoms with Crippen molar-refractivity contribution in [3.63, 3.8) is 0 Å². The molecule has 0 atom stereocenters. The Morgan fingerprint density at radius 1 is 1.17 bits per heavy atom. The fourth-order valence-corrected chi connectivity index (χ4v) is 4.63. The number of fused-ring (bicyclic) bond motifs is 1. The van der Waals surface area contributed by atoms with Crippen LogP contribution in [-0.4, -0.2) is 42.3 Å². The van der Waals surface area contributed by atoms with Crippen LogP contribution in [0.4, 0.5) is 5.69 Å². The first-order chi connectivity index (χ1) is 14.0. The predicted octanol–water partition coefficient (Wildman–Crippen LogP) is 2.81. The fraction of sp³-hybridized carbons (Fsp3) is 0.150. The Bertz CT molecular complexity index is 1110. The highest BCUT2D eigenvalue weighted by molar-refractivity contribution is 7.98. The van der Waals surface area contributed by atoms with E-state index in [0.29, 0.717) is 17.1 Å². The normalized spacial score (nSPS) is 17.2. The minimum atomic E-state index is -3.41. The second-order valence-electron chi connectivity index (χ2n) is 6.48. The van der Waals surface area contributed by atoms with Crippen LogP contribution in [0.25, 0.3) is 0 Å². The van der Waals surface area contributed by atoms with Gasteiger partial charge >= 0.3 is 0 Å². The SMILES string of the molecule is O=C(Nc1ccc(SCc2cccnc2)cc1)C1=CN2CCS(=O)(=O)N=C2C=C1. The number of nitrogens with one attached hydrogen (secondary N) is 1. The molecule has 0 aliphatic carbocycles. The Morgan fingerprint density at radius 3 is 2.76 bits per heavy atom. The van der Waals surface area contributed by atoms with Crippen molar-refractivity contribution < 1.29 is 13.2 Å². The molecule has 4 rings (SSSR count). The van der Waals surface area contributed by atoms with E-state index >= 15 is 0 Å². The average Bonchev–Trinajstić information content (AvgIpc) is 2.73. The summed E-state index contributed by atoms with van der Waals surface area (Å²) < 4.78 is 26.8. The molecule has 0 saturated heterocycles. The number of nitrogens with zero attached hydrogens (tertiary/aromatic N) is 3. The van der Waals surface area contributed by atoms with Gasteiger partial charge in [0, 0.05) is 41.5 Å². The minimum Gasteiger partial charge on any atom is -0.330 e. The minimum absolute atomic E-state index is 0.0616. The van der Waals surface area contributed by atoms with Gasteiger partial charge in [-0.3, -0.25) is 9.78 Å². The average molecular weight is 427 g/mol. The van der Waals surface area contributed by atoms with Crippen LogP contribution in [0.3, 0.4) is 0 Å². The summed E-state index contributed by atoms with van der Waals surface area (Å²) in [6, 6.07) is 11.6. The first-order valence-electron chi connectivity index (χ1n) is 8.91. The molecule has 9 heteroatoms. The lowest BCUT2D eigenvalue weighted by Crippen LogP contribution is -2.37. The summed E-state index contributed by atoms with van der Waals surface area (Å²) in [5, 5.41) is 2.86. The maximum atomic E-state index is 12.5. The molecule has 1 aromatic heterocycles. The van der Waals surface area contributed by atoms with E-state index in [0.717, 1.165) is 16.2 Å². The number of aromatic nitrogens is 1. The highest BCUT2D eigenvalue weighted by Crippen LogP contribution is 2.24. The van der Waals surface area contributed by atoms with Crippen LogP contribution < -0.4 is 5.32 Å². The summed E-state index contributed by atoms with van der Waals surface area (Å²) in [6.07, 6.45) is 8.35. The third-order valence-corrected chi connectivity index (χ3v) is 6.57. The first kappa shape index (κ1) is 19.4. The van der Waals surface area contributed by atoms with Gasteiger partial charge in [0.2, 0.25) is 0 Å². The van der Waals surface area contributed by atoms with E-state index in [4.69, 9.17) is 0 Å². The Labute approximate surface area is 173 Å². The van der Waals surface area contributed by atoms with Crippen LogP contribution in [0.5, 0.6) is 0 Å². The Kier molecular flexibility index (Phi) is 5.50. The molecule has 0 saturated carbocycles. The molecule has 7 nitrogen and oxygen atoms in total. The number of anilines is 1. The molecule has 2 aromatic rings. The van der Waals surface area contributed by atoms with Crippen LogP contribution in [0, 0.1) is 0 Å². The van der Waals surface area contributed by atoms with Gasteiger partial charge in [0.15, 0.2) is 0 Å². The van der Waals surface area contributed by atoms with E-state index in [-0.39, 0.29) is 18.2 Å². The maximum absolute atomic E-state index is 12.5. The molecule has 0 spiro atoms. The second kappa shape index (κ2) is 8.22. The van der Waals surface area contributed by atoms with Gasteiger partial charge in [-0.25, -0.2) is 8.42 Å². The number of carbonyl (C=O) groups is 1. The number of thioether (sulfide) groups is 1. The second-order valence-corrected chi connectivity index (χ2v) is 9.28. The van der Waals surface area contributed by atoms with Crippen LogP contribution in [0.15, 0.2) is 82.0 Å². The van der Waals surface area contributed by atoms with Crippen LogP contribution in [0.2, 0.25) is 0 Å². The molecular formula is C20H18N4O3S2. The largest absolute Gasteiger partial charge is 0.330 e. The topological polar surface area (TPSA) is 91.7 Å². The lowest BCUT2D eigenvalue weighted by Gasteiger charge is -2.26. The monoisotopic (exact) mass is 426 g/mol. The summed E-state index contributed by atoms with van der Waals surface area (Å²) in [5.74, 6) is 0.841. The molecule has 1 N–H and O–H groups in total. The highest BCUT2D eigenvalue weighted by Gasteiger charge is 2.24. The standard InChI is InChI=1S/C20H18N4O3S2/c25-20(16-3-8-19-23-29(26,27)11-10-24(19)13-16)22-17-4-6-18(7-5-17)28-14-15-2-1-9-21-12-15/h1-9,12-13H,10-11,14H2,(H,22,25). The van der Waals surface area contributed by atoms with Crippen LogP contribution in [0.1, 0.15) is 5.56 Å². The van der Waals surface area contributed by atoms with Crippen molar-refractivity contribution in [3.8, 4) is 0 Å². The zero-order valence-electron chi connectivity index (χ0n) is 15.4. The zero-order chi connectivity index (χ0) is 20.3. The molecule has 2 aliphatic rings. The molecule has 29 heavy (non-hydrogen) atoms. The number of amides is 1. The molecule has 0 unspecified atom stereocenters. The molecule has 3 heterocycles. The quantitative estimate of drug-likeness (QED) is 0.740. The number of amidine groups is 1. The van der Waals surface area contributed by atoms with Gasteiger partial charge < -0.3 is 10.2 Å². The summed E-state index contributed by atoms with van der Waals surface area (Å²) >= 11 is 1.70. The number of sulfonamides is 1. The summed E-state index contributed by atoms with van der Waals surface area (Å²) in [4.78, 5) is 19.4. The number of pyridine rings is 1. The van der Waals surface area contributed by atoms with Crippen molar-refractivity contribution in [2.45, 2.75) is 10.6 Å². The van der Waals surface area contributed by atoms with E-state index < -0.39 is 10.0 Å². The zero-order valence-corrected chi connectivity index (χ0v) is 17.0. The van der Waals surface area contributed by atoms with Crippen molar-refractivity contribution >= 4 is 39.2 Å². The molecule has 1 aromatic carbocycles. The van der Waals surface area contributed by atoms with Gasteiger partial charge in [-0.05, 0) is 48.0 Å². The first-order valence-corrected chi connectivity index (χ1v) is 11.5. The van der Waals surface area contributed by atoms with Gasteiger partial charge in [-0.1, -0.05) is 6.07 Å². The Morgan fingerprint density at radius 2 is 2.00 bits per heavy atom. The molecule has 0 fully saturated rings. The van der Waals surface area contributed by atoms with Gasteiger partial charge in [0.1, 0.15) is 5.84 Å². The highest BCUT2D eigenvalue weighted by atomic mass is 32.2. The third-order valence-electron chi connectivity index (χ3n) is 4.33. The van der Waals surface area contributed by atoms with E-state index in [1.165, 1.54) is 0 Å². The summed E-state index contributed by atoms with van der Waals surface area (Å²) in [7, 11) is -3.41. The number of hydrogen-bond acceptors (Lipinski definition) is 6. The van der Waals surface area contributed by atoms with Crippen molar-refractivity contribution in [3.05, 3.63) is 78.3 Å². The van der Waals surface area contributed by atoms with Gasteiger partial charge in [-0.15, -0.1) is 16.2 Å². The fourth-order valence-electron chi connectivity index (χ4n) is 2.82. The number of hydrogen-bond donors (Lipinski definition) is 1. The Balaban J connectivity index is 1.37. The van der Waals surface area contributed by atoms with Gasteiger partial charge in [-0.2, -0.15) is 0 Å². The van der Waals surface area contributed by atoms with E-state index in [1.54, 1.807) is 41.2 Å². The van der Waals surface area contributed by atoms with Crippen molar-refractivity contribution in [2.75, 3.05) is 17.6 Å². The number of carbonyl (C=O) groups excluding carboxylic acids is 1. The predicted molar refractivity (Wildman–Crippen MR) is 114 cm³/mol. The van der Waals surface area contributed by atoms with Crippen molar-refractivity contribution in [1.29, 1.82) is 0 Å². The smallest absolute Gasteiger partial charge is 0.257 e. The summed E-state index contributed by atoms with van der Waals surface area (Å²) in [6.45, 7) is 0.283. The van der Waals surface area contributed by atoms with Crippen molar-refractivity contribution in [1.82, 2.24) is 9.88 Å². The van der Waals surface area contributed by atoms with Crippen molar-refractivity contribution in [2.24, 2.45) is 4.40 Å². The third kappa shape index (κ3) is 4.93. The van der Waals surface area contributed by atoms with Gasteiger partial charge in [0.25, 0.3) is 15.9 Å². The van der Waals surface area contributed by atoms with Crippen LogP contribution >= 0.6 is 11.8 Å². The van der Waals surface area contributed by atoms with Gasteiger partial charge in [0.05, 0.1) is 11.3 Å². The lowest BCUT2D eigenvalue weighted by atomic mass is 10.1. The Hall–Kier alpha value is -2.91. The lowest BCUT2D eigenvalue weighted by molar-refractivity contribution is -0.112. The molecule has 2 aliphatic heterocycles. The van der Waals surface area contributed by atoms with E-state index in [9.17, 15) is 13.2 Å². The van der Waals surface area contributed by atoms with E-state index in [2.05, 4.69) is 14.7 Å². The molecular weight excluding hydrogens is 408 g/mol. The van der Waals surface area contributed by atoms with E-state index in [1.807, 2.05) is 42.6 Å². The molecule has 148 valence electrons. The number of rotatable bonds is 5. The molecule has 0 bridgehead atoms. The maximum Gasteiger partial charge on any atom is 0.257 e. The molecule has 0 radical (unpaired) electrons.